The molecule has 88 valence electrons. The van der Waals surface area contributed by atoms with Crippen molar-refractivity contribution in [2.45, 2.75) is 39.8 Å². The van der Waals surface area contributed by atoms with Crippen LogP contribution in [0.1, 0.15) is 44.4 Å². The van der Waals surface area contributed by atoms with Crippen LogP contribution in [0.15, 0.2) is 4.99 Å². The number of anilines is 1. The molecule has 0 aromatic carbocycles. The van der Waals surface area contributed by atoms with Gasteiger partial charge < -0.3 is 10.3 Å². The topological polar surface area (TPSA) is 65.1 Å². The Morgan fingerprint density at radius 1 is 1.38 bits per heavy atom. The molecule has 0 amide bonds. The Morgan fingerprint density at radius 3 is 2.94 bits per heavy atom. The van der Waals surface area contributed by atoms with Gasteiger partial charge in [-0.2, -0.15) is 0 Å². The van der Waals surface area contributed by atoms with Gasteiger partial charge in [-0.3, -0.25) is 5.32 Å². The number of hydrogen-bond donors (Lipinski definition) is 3. The fourth-order valence-electron chi connectivity index (χ4n) is 1.83. The van der Waals surface area contributed by atoms with Crippen LogP contribution in [0.25, 0.3) is 0 Å². The molecule has 0 aliphatic carbocycles. The highest BCUT2D eigenvalue weighted by Gasteiger charge is 2.22. The molecule has 1 unspecified atom stereocenters. The molecule has 1 aromatic rings. The Hall–Kier alpha value is -1.36. The Balaban J connectivity index is 2.12. The lowest BCUT2D eigenvalue weighted by molar-refractivity contribution is 0.527. The van der Waals surface area contributed by atoms with Gasteiger partial charge in [0.15, 0.2) is 5.82 Å². The molecule has 0 fully saturated rings. The number of H-pyrrole nitrogens is 1. The van der Waals surface area contributed by atoms with E-state index in [2.05, 4.69) is 32.5 Å². The van der Waals surface area contributed by atoms with Crippen LogP contribution in [0.2, 0.25) is 0 Å². The zero-order chi connectivity index (χ0) is 11.5. The van der Waals surface area contributed by atoms with Crippen LogP contribution in [0.3, 0.4) is 0 Å². The highest BCUT2D eigenvalue weighted by molar-refractivity contribution is 5.94. The summed E-state index contributed by atoms with van der Waals surface area (Å²) < 4.78 is 0. The van der Waals surface area contributed by atoms with E-state index in [1.54, 1.807) is 0 Å². The van der Waals surface area contributed by atoms with Crippen molar-refractivity contribution >= 4 is 11.7 Å². The molecular formula is C11H19N5. The van der Waals surface area contributed by atoms with Crippen LogP contribution in [-0.2, 0) is 0 Å². The van der Waals surface area contributed by atoms with E-state index in [9.17, 15) is 0 Å². The molecule has 0 radical (unpaired) electrons. The van der Waals surface area contributed by atoms with E-state index >= 15 is 0 Å². The fourth-order valence-corrected chi connectivity index (χ4v) is 1.83. The number of rotatable bonds is 4. The minimum absolute atomic E-state index is 0.0176. The number of imidazole rings is 1. The van der Waals surface area contributed by atoms with Crippen LogP contribution in [0.5, 0.6) is 0 Å². The molecule has 16 heavy (non-hydrogen) atoms. The number of unbranched alkanes of at least 4 members (excludes halogenated alkanes) is 1. The molecule has 2 heterocycles. The summed E-state index contributed by atoms with van der Waals surface area (Å²) in [5, 5.41) is 6.59. The number of aryl methyl sites for hydroxylation is 1. The summed E-state index contributed by atoms with van der Waals surface area (Å²) in [4.78, 5) is 12.2. The SMILES string of the molecule is CCCCNC1N=C(C)Nc2nc(C)[nH]c21. The lowest BCUT2D eigenvalue weighted by Crippen LogP contribution is -2.28. The van der Waals surface area contributed by atoms with Crippen LogP contribution in [-0.4, -0.2) is 22.3 Å². The van der Waals surface area contributed by atoms with E-state index in [1.165, 1.54) is 12.8 Å². The smallest absolute Gasteiger partial charge is 0.156 e. The fraction of sp³-hybridized carbons (Fsp3) is 0.636. The summed E-state index contributed by atoms with van der Waals surface area (Å²) in [6.45, 7) is 7.08. The second-order valence-corrected chi connectivity index (χ2v) is 4.13. The molecule has 1 aromatic heterocycles. The molecule has 0 bridgehead atoms. The van der Waals surface area contributed by atoms with Crippen molar-refractivity contribution in [3.8, 4) is 0 Å². The maximum Gasteiger partial charge on any atom is 0.156 e. The van der Waals surface area contributed by atoms with Gasteiger partial charge in [-0.15, -0.1) is 0 Å². The number of amidine groups is 1. The van der Waals surface area contributed by atoms with E-state index < -0.39 is 0 Å². The largest absolute Gasteiger partial charge is 0.341 e. The molecule has 5 heteroatoms. The van der Waals surface area contributed by atoms with E-state index in [0.717, 1.165) is 29.7 Å². The number of aliphatic imine (C=N–C) groups is 1. The lowest BCUT2D eigenvalue weighted by atomic mass is 10.2. The standard InChI is InChI=1S/C11H19N5/c1-4-5-6-12-10-9-11(15-7(2)13-9)16-8(3)14-10/h10,12H,4-6H2,1-3H3,(H,13,15)(H,14,16). The van der Waals surface area contributed by atoms with Gasteiger partial charge in [0, 0.05) is 0 Å². The summed E-state index contributed by atoms with van der Waals surface area (Å²) in [5.74, 6) is 2.73. The van der Waals surface area contributed by atoms with E-state index in [0.29, 0.717) is 0 Å². The number of nitrogens with zero attached hydrogens (tertiary/aromatic N) is 2. The molecule has 1 aliphatic rings. The lowest BCUT2D eigenvalue weighted by Gasteiger charge is -2.20. The maximum absolute atomic E-state index is 4.53. The molecule has 0 spiro atoms. The van der Waals surface area contributed by atoms with Crippen LogP contribution >= 0.6 is 0 Å². The van der Waals surface area contributed by atoms with E-state index in [1.807, 2.05) is 13.8 Å². The second-order valence-electron chi connectivity index (χ2n) is 4.13. The predicted octanol–water partition coefficient (Wildman–Crippen LogP) is 1.95. The first-order chi connectivity index (χ1) is 7.70. The average Bonchev–Trinajstić information content (AvgIpc) is 2.58. The predicted molar refractivity (Wildman–Crippen MR) is 65.7 cm³/mol. The second kappa shape index (κ2) is 4.65. The van der Waals surface area contributed by atoms with Gasteiger partial charge in [-0.1, -0.05) is 13.3 Å². The first-order valence-corrected chi connectivity index (χ1v) is 5.82. The number of aromatic amines is 1. The van der Waals surface area contributed by atoms with Gasteiger partial charge in [0.05, 0.1) is 5.69 Å². The number of fused-ring (bicyclic) bond motifs is 1. The van der Waals surface area contributed by atoms with Crippen molar-refractivity contribution in [1.29, 1.82) is 0 Å². The van der Waals surface area contributed by atoms with Gasteiger partial charge >= 0.3 is 0 Å². The van der Waals surface area contributed by atoms with Crippen molar-refractivity contribution in [2.75, 3.05) is 11.9 Å². The first kappa shape index (κ1) is 11.1. The average molecular weight is 221 g/mol. The third-order valence-electron chi connectivity index (χ3n) is 2.61. The van der Waals surface area contributed by atoms with Gasteiger partial charge in [-0.25, -0.2) is 9.98 Å². The molecule has 0 saturated heterocycles. The number of aromatic nitrogens is 2. The van der Waals surface area contributed by atoms with Gasteiger partial charge in [-0.05, 0) is 26.8 Å². The highest BCUT2D eigenvalue weighted by Crippen LogP contribution is 2.25. The van der Waals surface area contributed by atoms with Crippen molar-refractivity contribution in [1.82, 2.24) is 15.3 Å². The highest BCUT2D eigenvalue weighted by atomic mass is 15.2. The zero-order valence-corrected chi connectivity index (χ0v) is 10.1. The Labute approximate surface area is 95.8 Å². The van der Waals surface area contributed by atoms with Crippen molar-refractivity contribution in [3.05, 3.63) is 11.5 Å². The van der Waals surface area contributed by atoms with Crippen LogP contribution in [0.4, 0.5) is 5.82 Å². The van der Waals surface area contributed by atoms with Crippen molar-refractivity contribution < 1.29 is 0 Å². The Bertz CT molecular complexity index is 393. The summed E-state index contributed by atoms with van der Waals surface area (Å²) in [6.07, 6.45) is 2.38. The minimum atomic E-state index is 0.0176. The maximum atomic E-state index is 4.53. The molecule has 3 N–H and O–H groups in total. The number of nitrogens with one attached hydrogen (secondary N) is 3. The van der Waals surface area contributed by atoms with Gasteiger partial charge in [0.2, 0.25) is 0 Å². The van der Waals surface area contributed by atoms with Crippen molar-refractivity contribution in [3.63, 3.8) is 0 Å². The van der Waals surface area contributed by atoms with E-state index in [-0.39, 0.29) is 6.17 Å². The third kappa shape index (κ3) is 2.24. The summed E-state index contributed by atoms with van der Waals surface area (Å²) in [5.41, 5.74) is 1.04. The number of hydrogen-bond acceptors (Lipinski definition) is 4. The van der Waals surface area contributed by atoms with Gasteiger partial charge in [0.1, 0.15) is 17.8 Å². The summed E-state index contributed by atoms with van der Waals surface area (Å²) in [6, 6.07) is 0. The Morgan fingerprint density at radius 2 is 2.19 bits per heavy atom. The Kier molecular flexibility index (Phi) is 3.24. The summed E-state index contributed by atoms with van der Waals surface area (Å²) >= 11 is 0. The zero-order valence-electron chi connectivity index (χ0n) is 10.1. The van der Waals surface area contributed by atoms with Crippen molar-refractivity contribution in [2.24, 2.45) is 4.99 Å². The molecule has 1 aliphatic heterocycles. The van der Waals surface area contributed by atoms with Crippen LogP contribution in [0, 0.1) is 6.92 Å². The molecular weight excluding hydrogens is 202 g/mol. The minimum Gasteiger partial charge on any atom is -0.341 e. The van der Waals surface area contributed by atoms with E-state index in [4.69, 9.17) is 0 Å². The molecule has 5 nitrogen and oxygen atoms in total. The quantitative estimate of drug-likeness (QED) is 0.681. The molecule has 1 atom stereocenters. The monoisotopic (exact) mass is 221 g/mol. The van der Waals surface area contributed by atoms with Crippen LogP contribution < -0.4 is 10.6 Å². The normalized spacial score (nSPS) is 18.9. The third-order valence-corrected chi connectivity index (χ3v) is 2.61. The van der Waals surface area contributed by atoms with Gasteiger partial charge in [0.25, 0.3) is 0 Å². The summed E-state index contributed by atoms with van der Waals surface area (Å²) in [7, 11) is 0. The first-order valence-electron chi connectivity index (χ1n) is 5.82. The molecule has 2 rings (SSSR count). The molecule has 0 saturated carbocycles.